The average Bonchev–Trinajstić information content (AvgIpc) is 3.18. The Morgan fingerprint density at radius 2 is 1.94 bits per heavy atom. The van der Waals surface area contributed by atoms with E-state index in [1.165, 1.54) is 6.08 Å². The van der Waals surface area contributed by atoms with E-state index in [-0.39, 0.29) is 5.91 Å². The lowest BCUT2D eigenvalue weighted by atomic mass is 10.1. The maximum absolute atomic E-state index is 12.1. The minimum absolute atomic E-state index is 0.282. The number of aryl methyl sites for hydroxylation is 2. The molecule has 0 unspecified atom stereocenters. The topological polar surface area (TPSA) is 100 Å². The molecule has 4 aromatic rings. The molecule has 2 aromatic heterocycles. The monoisotopic (exact) mass is 470 g/mol. The van der Waals surface area contributed by atoms with Crippen molar-refractivity contribution in [3.63, 3.8) is 0 Å². The Kier molecular flexibility index (Phi) is 7.07. The molecular weight excluding hydrogens is 440 g/mol. The molecule has 35 heavy (non-hydrogen) atoms. The predicted octanol–water partition coefficient (Wildman–Crippen LogP) is 4.18. The van der Waals surface area contributed by atoms with Crippen LogP contribution < -0.4 is 16.0 Å². The molecular formula is C26H30N8O. The normalized spacial score (nSPS) is 11.0. The van der Waals surface area contributed by atoms with Gasteiger partial charge in [-0.05, 0) is 56.9 Å². The van der Waals surface area contributed by atoms with Crippen molar-refractivity contribution in [3.05, 3.63) is 66.9 Å². The Morgan fingerprint density at radius 1 is 1.14 bits per heavy atom. The van der Waals surface area contributed by atoms with Crippen LogP contribution in [0.15, 0.2) is 61.3 Å². The largest absolute Gasteiger partial charge is 0.382 e. The van der Waals surface area contributed by atoms with E-state index in [2.05, 4.69) is 37.5 Å². The lowest BCUT2D eigenvalue weighted by Gasteiger charge is -2.18. The standard InChI is InChI=1S/C26H30N8O/c1-6-24(35)29-22-16-20(17(2)15-21(22)27-13-14-33(3)4)31-26-28-12-11-19(30-26)25-18-9-7-8-10-23(18)34(5)32-25/h6-12,15-16,27H,1,13-14H2,2-5H3,(H,29,35)(H,28,30,31). The minimum atomic E-state index is -0.282. The number of amides is 1. The maximum atomic E-state index is 12.1. The number of aromatic nitrogens is 4. The van der Waals surface area contributed by atoms with Crippen LogP contribution in [0.25, 0.3) is 22.3 Å². The van der Waals surface area contributed by atoms with E-state index in [1.807, 2.05) is 75.2 Å². The van der Waals surface area contributed by atoms with Crippen LogP contribution in [-0.2, 0) is 11.8 Å². The molecule has 0 aliphatic heterocycles. The SMILES string of the molecule is C=CC(=O)Nc1cc(Nc2nccc(-c3nn(C)c4ccccc34)n2)c(C)cc1NCCN(C)C. The van der Waals surface area contributed by atoms with Gasteiger partial charge in [0.1, 0.15) is 5.69 Å². The first-order valence-electron chi connectivity index (χ1n) is 11.3. The number of nitrogens with one attached hydrogen (secondary N) is 3. The van der Waals surface area contributed by atoms with Gasteiger partial charge in [0.25, 0.3) is 0 Å². The van der Waals surface area contributed by atoms with Gasteiger partial charge in [-0.3, -0.25) is 9.48 Å². The number of carbonyl (C=O) groups is 1. The molecule has 0 bridgehead atoms. The fourth-order valence-corrected chi connectivity index (χ4v) is 3.76. The molecule has 2 heterocycles. The Morgan fingerprint density at radius 3 is 2.71 bits per heavy atom. The third-order valence-corrected chi connectivity index (χ3v) is 5.58. The highest BCUT2D eigenvalue weighted by Crippen LogP contribution is 2.32. The first-order valence-corrected chi connectivity index (χ1v) is 11.3. The summed E-state index contributed by atoms with van der Waals surface area (Å²) in [6.07, 6.45) is 2.96. The van der Waals surface area contributed by atoms with E-state index in [9.17, 15) is 4.79 Å². The average molecular weight is 471 g/mol. The molecule has 2 aromatic carbocycles. The van der Waals surface area contributed by atoms with E-state index in [1.54, 1.807) is 6.20 Å². The van der Waals surface area contributed by atoms with Crippen molar-refractivity contribution in [3.8, 4) is 11.4 Å². The van der Waals surface area contributed by atoms with Crippen LogP contribution in [0, 0.1) is 6.92 Å². The number of anilines is 4. The maximum Gasteiger partial charge on any atom is 0.247 e. The van der Waals surface area contributed by atoms with Crippen LogP contribution in [0.2, 0.25) is 0 Å². The van der Waals surface area contributed by atoms with Gasteiger partial charge in [-0.1, -0.05) is 24.8 Å². The predicted molar refractivity (Wildman–Crippen MR) is 142 cm³/mol. The van der Waals surface area contributed by atoms with Crippen LogP contribution in [0.5, 0.6) is 0 Å². The first-order chi connectivity index (χ1) is 16.9. The molecule has 9 heteroatoms. The molecule has 0 radical (unpaired) electrons. The minimum Gasteiger partial charge on any atom is -0.382 e. The van der Waals surface area contributed by atoms with Crippen molar-refractivity contribution < 1.29 is 4.79 Å². The molecule has 0 saturated carbocycles. The van der Waals surface area contributed by atoms with Crippen molar-refractivity contribution in [1.29, 1.82) is 0 Å². The fourth-order valence-electron chi connectivity index (χ4n) is 3.76. The highest BCUT2D eigenvalue weighted by Gasteiger charge is 2.14. The van der Waals surface area contributed by atoms with Crippen molar-refractivity contribution >= 4 is 39.8 Å². The summed E-state index contributed by atoms with van der Waals surface area (Å²) in [5.41, 5.74) is 5.79. The summed E-state index contributed by atoms with van der Waals surface area (Å²) in [5, 5.41) is 15.3. The highest BCUT2D eigenvalue weighted by molar-refractivity contribution is 6.02. The second kappa shape index (κ2) is 10.4. The fraction of sp³-hybridized carbons (Fsp3) is 0.231. The molecule has 1 amide bonds. The van der Waals surface area contributed by atoms with Gasteiger partial charge in [0.15, 0.2) is 0 Å². The van der Waals surface area contributed by atoms with Crippen LogP contribution in [0.1, 0.15) is 5.56 Å². The number of carbonyl (C=O) groups excluding carboxylic acids is 1. The summed E-state index contributed by atoms with van der Waals surface area (Å²) in [7, 11) is 5.95. The Bertz CT molecular complexity index is 1380. The number of nitrogens with zero attached hydrogens (tertiary/aromatic N) is 5. The molecule has 0 atom stereocenters. The van der Waals surface area contributed by atoms with E-state index >= 15 is 0 Å². The van der Waals surface area contributed by atoms with Gasteiger partial charge in [0.05, 0.1) is 22.6 Å². The quantitative estimate of drug-likeness (QED) is 0.316. The summed E-state index contributed by atoms with van der Waals surface area (Å²) in [6, 6.07) is 13.8. The third-order valence-electron chi connectivity index (χ3n) is 5.58. The van der Waals surface area contributed by atoms with Gasteiger partial charge in [-0.15, -0.1) is 0 Å². The van der Waals surface area contributed by atoms with Crippen LogP contribution in [-0.4, -0.2) is 57.7 Å². The molecule has 0 aliphatic carbocycles. The molecule has 9 nitrogen and oxygen atoms in total. The first kappa shape index (κ1) is 23.9. The number of fused-ring (bicyclic) bond motifs is 1. The highest BCUT2D eigenvalue weighted by atomic mass is 16.1. The summed E-state index contributed by atoms with van der Waals surface area (Å²) < 4.78 is 1.85. The van der Waals surface area contributed by atoms with Gasteiger partial charge in [-0.2, -0.15) is 5.10 Å². The summed E-state index contributed by atoms with van der Waals surface area (Å²) in [5.74, 6) is 0.158. The summed E-state index contributed by atoms with van der Waals surface area (Å²) in [4.78, 5) is 23.3. The second-order valence-corrected chi connectivity index (χ2v) is 8.52. The number of para-hydroxylation sites is 1. The number of likely N-dealkylation sites (N-methyl/N-ethyl adjacent to an activating group) is 1. The molecule has 0 spiro atoms. The number of rotatable bonds is 9. The van der Waals surface area contributed by atoms with Crippen molar-refractivity contribution in [2.45, 2.75) is 6.92 Å². The molecule has 3 N–H and O–H groups in total. The van der Waals surface area contributed by atoms with Crippen molar-refractivity contribution in [2.24, 2.45) is 7.05 Å². The smallest absolute Gasteiger partial charge is 0.247 e. The van der Waals surface area contributed by atoms with E-state index in [0.717, 1.165) is 52.3 Å². The Hall–Kier alpha value is -4.24. The van der Waals surface area contributed by atoms with Gasteiger partial charge >= 0.3 is 0 Å². The number of benzene rings is 2. The zero-order valence-electron chi connectivity index (χ0n) is 20.5. The lowest BCUT2D eigenvalue weighted by Crippen LogP contribution is -2.21. The number of hydrogen-bond donors (Lipinski definition) is 3. The second-order valence-electron chi connectivity index (χ2n) is 8.52. The van der Waals surface area contributed by atoms with Crippen molar-refractivity contribution in [2.75, 3.05) is 43.1 Å². The van der Waals surface area contributed by atoms with E-state index < -0.39 is 0 Å². The van der Waals surface area contributed by atoms with Crippen LogP contribution in [0.4, 0.5) is 23.0 Å². The van der Waals surface area contributed by atoms with Crippen LogP contribution >= 0.6 is 0 Å². The number of hydrogen-bond acceptors (Lipinski definition) is 7. The van der Waals surface area contributed by atoms with Gasteiger partial charge in [0, 0.05) is 37.4 Å². The van der Waals surface area contributed by atoms with Gasteiger partial charge < -0.3 is 20.9 Å². The Labute approximate surface area is 204 Å². The third kappa shape index (κ3) is 5.47. The molecule has 4 rings (SSSR count). The molecule has 0 aliphatic rings. The molecule has 0 saturated heterocycles. The zero-order valence-corrected chi connectivity index (χ0v) is 20.5. The molecule has 0 fully saturated rings. The van der Waals surface area contributed by atoms with Crippen LogP contribution in [0.3, 0.4) is 0 Å². The Balaban J connectivity index is 1.65. The summed E-state index contributed by atoms with van der Waals surface area (Å²) in [6.45, 7) is 7.15. The van der Waals surface area contributed by atoms with Gasteiger partial charge in [-0.25, -0.2) is 9.97 Å². The zero-order chi connectivity index (χ0) is 24.9. The summed E-state index contributed by atoms with van der Waals surface area (Å²) >= 11 is 0. The van der Waals surface area contributed by atoms with E-state index in [4.69, 9.17) is 4.98 Å². The van der Waals surface area contributed by atoms with E-state index in [0.29, 0.717) is 11.6 Å². The van der Waals surface area contributed by atoms with Crippen molar-refractivity contribution in [1.82, 2.24) is 24.6 Å². The van der Waals surface area contributed by atoms with Gasteiger partial charge in [0.2, 0.25) is 11.9 Å². The lowest BCUT2D eigenvalue weighted by molar-refractivity contribution is -0.111. The molecule has 180 valence electrons.